The van der Waals surface area contributed by atoms with Crippen LogP contribution in [-0.2, 0) is 0 Å². The summed E-state index contributed by atoms with van der Waals surface area (Å²) in [6, 6.07) is 82.1. The average molecular weight is 744 g/mol. The van der Waals surface area contributed by atoms with E-state index in [-0.39, 0.29) is 0 Å². The minimum Gasteiger partial charge on any atom is -0.294 e. The molecule has 8 aromatic carbocycles. The van der Waals surface area contributed by atoms with E-state index in [2.05, 4.69) is 234 Å². The molecule has 0 spiro atoms. The summed E-state index contributed by atoms with van der Waals surface area (Å²) in [5, 5.41) is 10.2. The van der Waals surface area contributed by atoms with Crippen LogP contribution in [0.5, 0.6) is 0 Å². The summed E-state index contributed by atoms with van der Waals surface area (Å²) < 4.78 is 4.68. The molecule has 4 heteroatoms. The van der Waals surface area contributed by atoms with Crippen molar-refractivity contribution >= 4 is 72.4 Å². The summed E-state index contributed by atoms with van der Waals surface area (Å²) >= 11 is 0. The molecule has 0 unspecified atom stereocenters. The molecule has 268 valence electrons. The molecule has 11 aromatic rings. The highest BCUT2D eigenvalue weighted by Crippen LogP contribution is 2.36. The number of para-hydroxylation sites is 4. The number of benzene rings is 8. The molecule has 0 saturated carbocycles. The molecule has 0 aliphatic carbocycles. The Morgan fingerprint density at radius 1 is 0.281 bits per heavy atom. The molecule has 0 atom stereocenters. The molecule has 11 rings (SSSR count). The molecule has 57 heavy (non-hydrogen) atoms. The largest absolute Gasteiger partial charge is 0.294 e. The topological polar surface area (TPSA) is 22.8 Å². The quantitative estimate of drug-likeness (QED) is 0.118. The molecule has 0 bridgehead atoms. The molecular weight excluding hydrogens is 707 g/mol. The molecule has 3 nitrogen and oxygen atoms in total. The smallest absolute Gasteiger partial charge is 0.179 e. The third-order valence-electron chi connectivity index (χ3n) is 11.7. The van der Waals surface area contributed by atoms with Crippen LogP contribution in [0, 0.1) is 0 Å². The van der Waals surface area contributed by atoms with Crippen molar-refractivity contribution in [1.82, 2.24) is 14.1 Å². The lowest BCUT2D eigenvalue weighted by molar-refractivity contribution is 1.01. The summed E-state index contributed by atoms with van der Waals surface area (Å²) in [6.45, 7) is 0. The van der Waals surface area contributed by atoms with Crippen molar-refractivity contribution in [1.29, 1.82) is 0 Å². The van der Waals surface area contributed by atoms with Gasteiger partial charge in [0.2, 0.25) is 0 Å². The van der Waals surface area contributed by atoms with E-state index in [4.69, 9.17) is 4.98 Å². The van der Waals surface area contributed by atoms with E-state index in [1.165, 1.54) is 42.3 Å². The summed E-state index contributed by atoms with van der Waals surface area (Å²) in [5.74, 6) is 1.76. The molecule has 3 heterocycles. The Bertz CT molecular complexity index is 2900. The normalized spacial score (nSPS) is 11.9. The second-order valence-electron chi connectivity index (χ2n) is 14.7. The Kier molecular flexibility index (Phi) is 7.83. The second-order valence-corrected chi connectivity index (χ2v) is 18.5. The van der Waals surface area contributed by atoms with E-state index >= 15 is 0 Å². The fourth-order valence-electron chi connectivity index (χ4n) is 9.23. The number of hydrogen-bond donors (Lipinski definition) is 0. The van der Waals surface area contributed by atoms with E-state index in [9.17, 15) is 0 Å². The van der Waals surface area contributed by atoms with Crippen LogP contribution >= 0.6 is 0 Å². The first-order chi connectivity index (χ1) is 28.3. The monoisotopic (exact) mass is 743 g/mol. The zero-order chi connectivity index (χ0) is 37.8. The van der Waals surface area contributed by atoms with Crippen LogP contribution in [-0.4, -0.2) is 22.2 Å². The van der Waals surface area contributed by atoms with Gasteiger partial charge in [0, 0.05) is 21.5 Å². The molecule has 3 aromatic heterocycles. The maximum atomic E-state index is 5.59. The third kappa shape index (κ3) is 5.22. The highest BCUT2D eigenvalue weighted by Gasteiger charge is 2.41. The van der Waals surface area contributed by atoms with Crippen LogP contribution in [0.1, 0.15) is 0 Å². The fraction of sp³-hybridized carbons (Fsp3) is 0. The standard InChI is InChI=1S/C53H37N3Si/c1-4-20-40(21-5-1)57(41-22-6-2-7-23-41,42-24-8-3-9-25-42)43-26-18-19-38(35-43)39-36-52(55-48-31-14-10-27-44(48)45-28-11-15-32-49(45)55)54-53(37-39)56-50-33-16-12-29-46(50)47-30-13-17-34-51(47)56/h1-37H. The van der Waals surface area contributed by atoms with Gasteiger partial charge in [-0.25, -0.2) is 4.98 Å². The van der Waals surface area contributed by atoms with Crippen molar-refractivity contribution in [2.45, 2.75) is 0 Å². The molecule has 0 radical (unpaired) electrons. The average Bonchev–Trinajstić information content (AvgIpc) is 3.81. The van der Waals surface area contributed by atoms with Gasteiger partial charge in [-0.15, -0.1) is 0 Å². The Labute approximate surface area is 332 Å². The van der Waals surface area contributed by atoms with Crippen LogP contribution < -0.4 is 20.7 Å². The first-order valence-electron chi connectivity index (χ1n) is 19.6. The van der Waals surface area contributed by atoms with Gasteiger partial charge in [-0.2, -0.15) is 0 Å². The molecule has 0 amide bonds. The SMILES string of the molecule is c1ccc([Si](c2ccccc2)(c2ccccc2)c2cccc(-c3cc(-n4c5ccccc5c5ccccc54)nc(-n4c5ccccc5c5ccccc54)c3)c2)cc1. The van der Waals surface area contributed by atoms with E-state index in [1.54, 1.807) is 0 Å². The number of pyridine rings is 1. The Hall–Kier alpha value is -7.27. The maximum Gasteiger partial charge on any atom is 0.179 e. The first kappa shape index (κ1) is 33.1. The van der Waals surface area contributed by atoms with Crippen LogP contribution in [0.2, 0.25) is 0 Å². The molecule has 0 aliphatic heterocycles. The van der Waals surface area contributed by atoms with Crippen molar-refractivity contribution in [2.75, 3.05) is 0 Å². The van der Waals surface area contributed by atoms with Gasteiger partial charge in [-0.05, 0) is 68.3 Å². The molecule has 0 aliphatic rings. The van der Waals surface area contributed by atoms with Gasteiger partial charge in [-0.1, -0.05) is 188 Å². The highest BCUT2D eigenvalue weighted by atomic mass is 28.3. The predicted molar refractivity (Wildman–Crippen MR) is 242 cm³/mol. The zero-order valence-corrected chi connectivity index (χ0v) is 32.2. The summed E-state index contributed by atoms with van der Waals surface area (Å²) in [4.78, 5) is 5.59. The molecule has 0 fully saturated rings. The van der Waals surface area contributed by atoms with Crippen molar-refractivity contribution in [3.63, 3.8) is 0 Å². The fourth-order valence-corrected chi connectivity index (χ4v) is 14.0. The minimum atomic E-state index is -2.77. The number of fused-ring (bicyclic) bond motifs is 6. The van der Waals surface area contributed by atoms with Gasteiger partial charge in [0.1, 0.15) is 11.6 Å². The second kappa shape index (κ2) is 13.5. The molecule has 0 N–H and O–H groups in total. The summed E-state index contributed by atoms with van der Waals surface area (Å²) in [5.41, 5.74) is 6.79. The van der Waals surface area contributed by atoms with Gasteiger partial charge in [0.15, 0.2) is 8.07 Å². The van der Waals surface area contributed by atoms with Gasteiger partial charge < -0.3 is 0 Å². The Morgan fingerprint density at radius 3 is 1.00 bits per heavy atom. The van der Waals surface area contributed by atoms with E-state index in [1.807, 2.05) is 0 Å². The van der Waals surface area contributed by atoms with Gasteiger partial charge in [0.25, 0.3) is 0 Å². The Morgan fingerprint density at radius 2 is 0.614 bits per heavy atom. The number of nitrogens with zero attached hydrogens (tertiary/aromatic N) is 3. The van der Waals surface area contributed by atoms with Crippen molar-refractivity contribution in [3.05, 3.63) is 224 Å². The van der Waals surface area contributed by atoms with Crippen molar-refractivity contribution < 1.29 is 0 Å². The van der Waals surface area contributed by atoms with Gasteiger partial charge in [0.05, 0.1) is 22.1 Å². The lowest BCUT2D eigenvalue weighted by atomic mass is 10.1. The molecular formula is C53H37N3Si. The highest BCUT2D eigenvalue weighted by molar-refractivity contribution is 7.19. The lowest BCUT2D eigenvalue weighted by Crippen LogP contribution is -2.74. The van der Waals surface area contributed by atoms with Crippen LogP contribution in [0.3, 0.4) is 0 Å². The van der Waals surface area contributed by atoms with Crippen LogP contribution in [0.25, 0.3) is 66.4 Å². The van der Waals surface area contributed by atoms with Crippen LogP contribution in [0.15, 0.2) is 224 Å². The zero-order valence-electron chi connectivity index (χ0n) is 31.2. The van der Waals surface area contributed by atoms with E-state index in [0.717, 1.165) is 44.8 Å². The number of rotatable bonds is 7. The molecule has 0 saturated heterocycles. The first-order valence-corrected chi connectivity index (χ1v) is 21.6. The van der Waals surface area contributed by atoms with Gasteiger partial charge in [-0.3, -0.25) is 9.13 Å². The van der Waals surface area contributed by atoms with Crippen LogP contribution in [0.4, 0.5) is 0 Å². The van der Waals surface area contributed by atoms with Gasteiger partial charge >= 0.3 is 0 Å². The predicted octanol–water partition coefficient (Wildman–Crippen LogP) is 10.3. The number of aromatic nitrogens is 3. The number of hydrogen-bond acceptors (Lipinski definition) is 1. The van der Waals surface area contributed by atoms with E-state index in [0.29, 0.717) is 0 Å². The summed E-state index contributed by atoms with van der Waals surface area (Å²) in [6.07, 6.45) is 0. The Balaban J connectivity index is 1.22. The van der Waals surface area contributed by atoms with Crippen molar-refractivity contribution in [2.24, 2.45) is 0 Å². The third-order valence-corrected chi connectivity index (χ3v) is 16.4. The van der Waals surface area contributed by atoms with E-state index < -0.39 is 8.07 Å². The maximum absolute atomic E-state index is 5.59. The lowest BCUT2D eigenvalue weighted by Gasteiger charge is -2.34. The van der Waals surface area contributed by atoms with Crippen molar-refractivity contribution in [3.8, 4) is 22.8 Å². The summed E-state index contributed by atoms with van der Waals surface area (Å²) in [7, 11) is -2.77. The minimum absolute atomic E-state index is 0.879.